The summed E-state index contributed by atoms with van der Waals surface area (Å²) in [4.78, 5) is 31.1. The van der Waals surface area contributed by atoms with E-state index in [0.717, 1.165) is 51.9 Å². The SMILES string of the molecule is Cc1ccc(NC(=O)CN2CCc3[nH]c4c(C)c(C)ccc4c(=O)c3C2)cc1C. The Morgan fingerprint density at radius 1 is 1.07 bits per heavy atom. The third-order valence-corrected chi connectivity index (χ3v) is 6.11. The monoisotopic (exact) mass is 389 g/mol. The summed E-state index contributed by atoms with van der Waals surface area (Å²) in [6.07, 6.45) is 0.741. The van der Waals surface area contributed by atoms with Crippen molar-refractivity contribution in [1.82, 2.24) is 9.88 Å². The number of nitrogens with zero attached hydrogens (tertiary/aromatic N) is 1. The first-order valence-electron chi connectivity index (χ1n) is 10.1. The van der Waals surface area contributed by atoms with E-state index in [1.54, 1.807) is 0 Å². The van der Waals surface area contributed by atoms with E-state index in [-0.39, 0.29) is 17.9 Å². The minimum Gasteiger partial charge on any atom is -0.358 e. The maximum absolute atomic E-state index is 13.1. The minimum atomic E-state index is -0.0552. The minimum absolute atomic E-state index is 0.0552. The number of amides is 1. The van der Waals surface area contributed by atoms with Gasteiger partial charge in [-0.2, -0.15) is 0 Å². The van der Waals surface area contributed by atoms with Gasteiger partial charge in [-0.15, -0.1) is 0 Å². The number of hydrogen-bond acceptors (Lipinski definition) is 3. The highest BCUT2D eigenvalue weighted by Gasteiger charge is 2.23. The third-order valence-electron chi connectivity index (χ3n) is 6.11. The van der Waals surface area contributed by atoms with Gasteiger partial charge in [0.2, 0.25) is 5.91 Å². The molecule has 0 radical (unpaired) electrons. The van der Waals surface area contributed by atoms with Gasteiger partial charge < -0.3 is 10.3 Å². The maximum atomic E-state index is 13.1. The molecule has 0 unspecified atom stereocenters. The molecule has 3 aromatic rings. The van der Waals surface area contributed by atoms with Crippen LogP contribution in [0.4, 0.5) is 5.69 Å². The van der Waals surface area contributed by atoms with Crippen molar-refractivity contribution in [3.63, 3.8) is 0 Å². The summed E-state index contributed by atoms with van der Waals surface area (Å²) in [6.45, 7) is 9.71. The number of H-pyrrole nitrogens is 1. The third kappa shape index (κ3) is 3.70. The molecule has 5 nitrogen and oxygen atoms in total. The molecule has 150 valence electrons. The van der Waals surface area contributed by atoms with Crippen molar-refractivity contribution in [3.8, 4) is 0 Å². The van der Waals surface area contributed by atoms with Gasteiger partial charge in [0.05, 0.1) is 12.1 Å². The molecule has 2 aromatic carbocycles. The summed E-state index contributed by atoms with van der Waals surface area (Å²) < 4.78 is 0. The number of nitrogens with one attached hydrogen (secondary N) is 2. The van der Waals surface area contributed by atoms with Gasteiger partial charge in [0, 0.05) is 41.8 Å². The Kier molecular flexibility index (Phi) is 5.01. The second-order valence-electron chi connectivity index (χ2n) is 8.15. The van der Waals surface area contributed by atoms with Crippen LogP contribution in [0.3, 0.4) is 0 Å². The summed E-state index contributed by atoms with van der Waals surface area (Å²) in [7, 11) is 0. The molecule has 0 saturated heterocycles. The molecule has 5 heteroatoms. The summed E-state index contributed by atoms with van der Waals surface area (Å²) in [6, 6.07) is 9.82. The standard InChI is InChI=1S/C24H27N3O2/c1-14-5-7-18(11-16(14)3)25-22(28)13-27-10-9-21-20(12-27)24(29)19-8-6-15(2)17(4)23(19)26-21/h5-8,11H,9-10,12-13H2,1-4H3,(H,25,28)(H,26,29). The van der Waals surface area contributed by atoms with Gasteiger partial charge in [0.25, 0.3) is 0 Å². The van der Waals surface area contributed by atoms with Gasteiger partial charge in [-0.1, -0.05) is 12.1 Å². The molecule has 2 heterocycles. The number of hydrogen-bond donors (Lipinski definition) is 2. The predicted molar refractivity (Wildman–Crippen MR) is 118 cm³/mol. The van der Waals surface area contributed by atoms with Crippen LogP contribution in [0.5, 0.6) is 0 Å². The lowest BCUT2D eigenvalue weighted by Gasteiger charge is -2.28. The topological polar surface area (TPSA) is 65.2 Å². The number of aromatic nitrogens is 1. The van der Waals surface area contributed by atoms with E-state index in [2.05, 4.69) is 24.1 Å². The fourth-order valence-electron chi connectivity index (χ4n) is 4.00. The molecule has 4 rings (SSSR count). The molecule has 2 N–H and O–H groups in total. The highest BCUT2D eigenvalue weighted by atomic mass is 16.2. The zero-order valence-electron chi connectivity index (χ0n) is 17.5. The summed E-state index contributed by atoms with van der Waals surface area (Å²) in [5.74, 6) is -0.0552. The molecule has 1 aromatic heterocycles. The molecule has 29 heavy (non-hydrogen) atoms. The Labute approximate surface area is 170 Å². The van der Waals surface area contributed by atoms with Gasteiger partial charge in [-0.3, -0.25) is 14.5 Å². The van der Waals surface area contributed by atoms with E-state index in [1.165, 1.54) is 11.1 Å². The second-order valence-corrected chi connectivity index (χ2v) is 8.15. The Bertz CT molecular complexity index is 1180. The van der Waals surface area contributed by atoms with Crippen molar-refractivity contribution in [3.05, 3.63) is 74.1 Å². The molecule has 0 aliphatic carbocycles. The largest absolute Gasteiger partial charge is 0.358 e. The average Bonchev–Trinajstić information content (AvgIpc) is 2.68. The molecule has 1 amide bonds. The predicted octanol–water partition coefficient (Wildman–Crippen LogP) is 3.76. The maximum Gasteiger partial charge on any atom is 0.238 e. The first-order chi connectivity index (χ1) is 13.8. The van der Waals surface area contributed by atoms with Crippen LogP contribution in [0.25, 0.3) is 10.9 Å². The highest BCUT2D eigenvalue weighted by Crippen LogP contribution is 2.22. The highest BCUT2D eigenvalue weighted by molar-refractivity contribution is 5.92. The van der Waals surface area contributed by atoms with Crippen LogP contribution in [0, 0.1) is 27.7 Å². The Balaban J connectivity index is 1.53. The molecule has 0 bridgehead atoms. The number of fused-ring (bicyclic) bond motifs is 2. The van der Waals surface area contributed by atoms with Crippen molar-refractivity contribution >= 4 is 22.5 Å². The number of carbonyl (C=O) groups excluding carboxylic acids is 1. The molecule has 0 fully saturated rings. The molecule has 1 aliphatic rings. The molecule has 0 spiro atoms. The Morgan fingerprint density at radius 2 is 1.83 bits per heavy atom. The van der Waals surface area contributed by atoms with E-state index in [1.807, 2.05) is 49.1 Å². The average molecular weight is 389 g/mol. The Morgan fingerprint density at radius 3 is 2.59 bits per heavy atom. The number of anilines is 1. The van der Waals surface area contributed by atoms with Crippen LogP contribution in [0.2, 0.25) is 0 Å². The van der Waals surface area contributed by atoms with Gasteiger partial charge in [0.1, 0.15) is 0 Å². The number of aryl methyl sites for hydroxylation is 4. The van der Waals surface area contributed by atoms with E-state index in [0.29, 0.717) is 6.54 Å². The zero-order chi connectivity index (χ0) is 20.7. The van der Waals surface area contributed by atoms with E-state index >= 15 is 0 Å². The molecule has 1 aliphatic heterocycles. The van der Waals surface area contributed by atoms with Crippen molar-refractivity contribution in [1.29, 1.82) is 0 Å². The van der Waals surface area contributed by atoms with Crippen molar-refractivity contribution in [2.45, 2.75) is 40.7 Å². The van der Waals surface area contributed by atoms with Crippen molar-refractivity contribution < 1.29 is 4.79 Å². The molecular weight excluding hydrogens is 362 g/mol. The van der Waals surface area contributed by atoms with Crippen LogP contribution in [0.1, 0.15) is 33.5 Å². The molecule has 0 atom stereocenters. The van der Waals surface area contributed by atoms with Crippen molar-refractivity contribution in [2.75, 3.05) is 18.4 Å². The van der Waals surface area contributed by atoms with Gasteiger partial charge in [-0.25, -0.2) is 0 Å². The first-order valence-corrected chi connectivity index (χ1v) is 10.1. The normalized spacial score (nSPS) is 14.1. The second kappa shape index (κ2) is 7.48. The fourth-order valence-corrected chi connectivity index (χ4v) is 4.00. The number of aromatic amines is 1. The quantitative estimate of drug-likeness (QED) is 0.717. The van der Waals surface area contributed by atoms with Crippen LogP contribution >= 0.6 is 0 Å². The summed E-state index contributed by atoms with van der Waals surface area (Å²) in [5.41, 5.74) is 8.27. The van der Waals surface area contributed by atoms with Crippen LogP contribution in [-0.2, 0) is 17.8 Å². The summed E-state index contributed by atoms with van der Waals surface area (Å²) >= 11 is 0. The smallest absolute Gasteiger partial charge is 0.238 e. The zero-order valence-corrected chi connectivity index (χ0v) is 17.5. The Hall–Kier alpha value is -2.92. The fraction of sp³-hybridized carbons (Fsp3) is 0.333. The lowest BCUT2D eigenvalue weighted by molar-refractivity contribution is -0.117. The van der Waals surface area contributed by atoms with Gasteiger partial charge >= 0.3 is 0 Å². The van der Waals surface area contributed by atoms with Crippen LogP contribution in [-0.4, -0.2) is 28.9 Å². The first kappa shape index (κ1) is 19.4. The van der Waals surface area contributed by atoms with Crippen LogP contribution < -0.4 is 10.7 Å². The van der Waals surface area contributed by atoms with E-state index < -0.39 is 0 Å². The van der Waals surface area contributed by atoms with E-state index in [9.17, 15) is 9.59 Å². The number of benzene rings is 2. The van der Waals surface area contributed by atoms with Crippen molar-refractivity contribution in [2.24, 2.45) is 0 Å². The molecular formula is C24H27N3O2. The summed E-state index contributed by atoms with van der Waals surface area (Å²) in [5, 5.41) is 3.70. The number of pyridine rings is 1. The van der Waals surface area contributed by atoms with Gasteiger partial charge in [0.15, 0.2) is 5.43 Å². The van der Waals surface area contributed by atoms with Gasteiger partial charge in [-0.05, 0) is 68.1 Å². The lowest BCUT2D eigenvalue weighted by atomic mass is 9.99. The molecule has 0 saturated carbocycles. The van der Waals surface area contributed by atoms with Crippen LogP contribution in [0.15, 0.2) is 35.1 Å². The number of carbonyl (C=O) groups is 1. The number of rotatable bonds is 3. The lowest BCUT2D eigenvalue weighted by Crippen LogP contribution is -2.39. The van der Waals surface area contributed by atoms with E-state index in [4.69, 9.17) is 0 Å².